The molecular formula is C12H19N3S. The summed E-state index contributed by atoms with van der Waals surface area (Å²) < 4.78 is 0. The smallest absolute Gasteiger partial charge is 0.110 e. The van der Waals surface area contributed by atoms with Crippen molar-refractivity contribution in [3.05, 3.63) is 21.9 Å². The molecule has 0 amide bonds. The summed E-state index contributed by atoms with van der Waals surface area (Å²) in [6, 6.07) is 6.91. The third-order valence-corrected chi connectivity index (χ3v) is 3.94. The van der Waals surface area contributed by atoms with Crippen molar-refractivity contribution < 1.29 is 0 Å². The summed E-state index contributed by atoms with van der Waals surface area (Å²) in [5, 5.41) is 12.2. The fourth-order valence-electron chi connectivity index (χ4n) is 1.28. The van der Waals surface area contributed by atoms with E-state index in [9.17, 15) is 0 Å². The van der Waals surface area contributed by atoms with Crippen molar-refractivity contribution in [1.29, 1.82) is 5.26 Å². The van der Waals surface area contributed by atoms with Crippen molar-refractivity contribution in [2.45, 2.75) is 25.9 Å². The molecule has 1 rings (SSSR count). The lowest BCUT2D eigenvalue weighted by molar-refractivity contribution is 0.296. The Morgan fingerprint density at radius 1 is 1.44 bits per heavy atom. The first-order valence-corrected chi connectivity index (χ1v) is 6.26. The van der Waals surface area contributed by atoms with Crippen LogP contribution in [0, 0.1) is 11.3 Å². The number of likely N-dealkylation sites (N-methyl/N-ethyl adjacent to an activating group) is 1. The van der Waals surface area contributed by atoms with E-state index in [1.165, 1.54) is 4.88 Å². The van der Waals surface area contributed by atoms with Crippen molar-refractivity contribution in [3.8, 4) is 6.07 Å². The van der Waals surface area contributed by atoms with Crippen molar-refractivity contribution in [3.63, 3.8) is 0 Å². The van der Waals surface area contributed by atoms with E-state index in [4.69, 9.17) is 5.26 Å². The predicted molar refractivity (Wildman–Crippen MR) is 68.6 cm³/mol. The van der Waals surface area contributed by atoms with E-state index in [2.05, 4.69) is 44.2 Å². The van der Waals surface area contributed by atoms with Crippen molar-refractivity contribution >= 4 is 11.3 Å². The maximum absolute atomic E-state index is 8.76. The van der Waals surface area contributed by atoms with Crippen LogP contribution in [0.4, 0.5) is 0 Å². The minimum Gasteiger partial charge on any atom is -0.308 e. The minimum absolute atomic E-state index is 0.314. The zero-order valence-electron chi connectivity index (χ0n) is 10.3. The molecule has 0 aliphatic carbocycles. The lowest BCUT2D eigenvalue weighted by Crippen LogP contribution is -2.36. The molecule has 0 aromatic carbocycles. The number of nitrogens with zero attached hydrogens (tertiary/aromatic N) is 2. The van der Waals surface area contributed by atoms with Gasteiger partial charge in [0.15, 0.2) is 0 Å². The van der Waals surface area contributed by atoms with Gasteiger partial charge in [-0.15, -0.1) is 11.3 Å². The van der Waals surface area contributed by atoms with Gasteiger partial charge in [-0.2, -0.15) is 5.26 Å². The number of thiophene rings is 1. The van der Waals surface area contributed by atoms with Gasteiger partial charge in [-0.1, -0.05) is 0 Å². The van der Waals surface area contributed by atoms with E-state index >= 15 is 0 Å². The van der Waals surface area contributed by atoms with Gasteiger partial charge in [0.25, 0.3) is 0 Å². The van der Waals surface area contributed by atoms with E-state index in [1.54, 1.807) is 11.3 Å². The highest BCUT2D eigenvalue weighted by molar-refractivity contribution is 7.12. The van der Waals surface area contributed by atoms with Crippen LogP contribution < -0.4 is 5.32 Å². The van der Waals surface area contributed by atoms with E-state index in [0.29, 0.717) is 12.1 Å². The summed E-state index contributed by atoms with van der Waals surface area (Å²) >= 11 is 1.56. The van der Waals surface area contributed by atoms with Gasteiger partial charge >= 0.3 is 0 Å². The van der Waals surface area contributed by atoms with Crippen LogP contribution >= 0.6 is 11.3 Å². The molecule has 0 spiro atoms. The lowest BCUT2D eigenvalue weighted by atomic mass is 10.2. The number of hydrogen-bond donors (Lipinski definition) is 1. The van der Waals surface area contributed by atoms with Gasteiger partial charge in [0, 0.05) is 23.5 Å². The molecule has 0 fully saturated rings. The summed E-state index contributed by atoms with van der Waals surface area (Å²) in [4.78, 5) is 4.20. The van der Waals surface area contributed by atoms with Gasteiger partial charge in [-0.05, 0) is 40.1 Å². The second-order valence-corrected chi connectivity index (χ2v) is 5.37. The molecule has 0 saturated carbocycles. The van der Waals surface area contributed by atoms with Crippen LogP contribution in [-0.4, -0.2) is 31.6 Å². The van der Waals surface area contributed by atoms with Gasteiger partial charge in [0.1, 0.15) is 10.9 Å². The largest absolute Gasteiger partial charge is 0.308 e. The van der Waals surface area contributed by atoms with Crippen LogP contribution in [0.15, 0.2) is 12.1 Å². The summed E-state index contributed by atoms with van der Waals surface area (Å²) in [7, 11) is 4.16. The van der Waals surface area contributed by atoms with Crippen LogP contribution in [-0.2, 0) is 0 Å². The standard InChI is InChI=1S/C12H19N3S/c1-9(15(3)4)8-14-10(2)12-6-5-11(7-13)16-12/h5-6,9-10,14H,8H2,1-4H3. The Morgan fingerprint density at radius 3 is 2.62 bits per heavy atom. The first-order chi connectivity index (χ1) is 7.54. The number of nitrogens with one attached hydrogen (secondary N) is 1. The molecule has 2 atom stereocenters. The first kappa shape index (κ1) is 13.2. The summed E-state index contributed by atoms with van der Waals surface area (Å²) in [6.45, 7) is 5.28. The van der Waals surface area contributed by atoms with Gasteiger partial charge in [-0.25, -0.2) is 0 Å². The monoisotopic (exact) mass is 237 g/mol. The molecule has 3 nitrogen and oxygen atoms in total. The first-order valence-electron chi connectivity index (χ1n) is 5.44. The zero-order valence-corrected chi connectivity index (χ0v) is 11.1. The van der Waals surface area contributed by atoms with Gasteiger partial charge in [-0.3, -0.25) is 0 Å². The maximum Gasteiger partial charge on any atom is 0.110 e. The highest BCUT2D eigenvalue weighted by Gasteiger charge is 2.10. The molecule has 0 saturated heterocycles. The second-order valence-electron chi connectivity index (χ2n) is 4.26. The molecule has 1 N–H and O–H groups in total. The van der Waals surface area contributed by atoms with Gasteiger partial charge in [0.2, 0.25) is 0 Å². The Balaban J connectivity index is 2.47. The average molecular weight is 237 g/mol. The van der Waals surface area contributed by atoms with E-state index in [1.807, 2.05) is 12.1 Å². The molecule has 1 aromatic heterocycles. The number of rotatable bonds is 5. The molecule has 0 aliphatic rings. The number of hydrogen-bond acceptors (Lipinski definition) is 4. The molecule has 16 heavy (non-hydrogen) atoms. The van der Waals surface area contributed by atoms with Crippen molar-refractivity contribution in [1.82, 2.24) is 10.2 Å². The zero-order chi connectivity index (χ0) is 12.1. The van der Waals surface area contributed by atoms with Crippen molar-refractivity contribution in [2.24, 2.45) is 0 Å². The van der Waals surface area contributed by atoms with Crippen LogP contribution in [0.3, 0.4) is 0 Å². The van der Waals surface area contributed by atoms with E-state index in [0.717, 1.165) is 11.4 Å². The molecular weight excluding hydrogens is 218 g/mol. The molecule has 88 valence electrons. The third-order valence-electron chi connectivity index (χ3n) is 2.76. The van der Waals surface area contributed by atoms with Crippen LogP contribution in [0.2, 0.25) is 0 Å². The molecule has 0 bridgehead atoms. The molecule has 2 unspecified atom stereocenters. The minimum atomic E-state index is 0.314. The summed E-state index contributed by atoms with van der Waals surface area (Å²) in [6.07, 6.45) is 0. The highest BCUT2D eigenvalue weighted by Crippen LogP contribution is 2.22. The SMILES string of the molecule is CC(NCC(C)N(C)C)c1ccc(C#N)s1. The fraction of sp³-hybridized carbons (Fsp3) is 0.583. The molecule has 1 aromatic rings. The normalized spacial score (nSPS) is 14.8. The Labute approximate surface area is 102 Å². The van der Waals surface area contributed by atoms with Crippen LogP contribution in [0.5, 0.6) is 0 Å². The topological polar surface area (TPSA) is 39.1 Å². The summed E-state index contributed by atoms with van der Waals surface area (Å²) in [5.74, 6) is 0. The Bertz CT molecular complexity index is 365. The van der Waals surface area contributed by atoms with Gasteiger partial charge < -0.3 is 10.2 Å². The fourth-order valence-corrected chi connectivity index (χ4v) is 2.11. The molecule has 0 aliphatic heterocycles. The number of nitriles is 1. The summed E-state index contributed by atoms with van der Waals surface area (Å²) in [5.41, 5.74) is 0. The van der Waals surface area contributed by atoms with Crippen LogP contribution in [0.25, 0.3) is 0 Å². The second kappa shape index (κ2) is 6.00. The van der Waals surface area contributed by atoms with Crippen molar-refractivity contribution in [2.75, 3.05) is 20.6 Å². The van der Waals surface area contributed by atoms with E-state index in [-0.39, 0.29) is 0 Å². The predicted octanol–water partition coefficient (Wildman–Crippen LogP) is 2.22. The third kappa shape index (κ3) is 3.60. The molecule has 4 heteroatoms. The quantitative estimate of drug-likeness (QED) is 0.853. The van der Waals surface area contributed by atoms with E-state index < -0.39 is 0 Å². The lowest BCUT2D eigenvalue weighted by Gasteiger charge is -2.22. The van der Waals surface area contributed by atoms with Gasteiger partial charge in [0.05, 0.1) is 0 Å². The highest BCUT2D eigenvalue weighted by atomic mass is 32.1. The Hall–Kier alpha value is -0.890. The van der Waals surface area contributed by atoms with Crippen LogP contribution in [0.1, 0.15) is 29.6 Å². The molecule has 0 radical (unpaired) electrons. The maximum atomic E-state index is 8.76. The molecule has 1 heterocycles. The Morgan fingerprint density at radius 2 is 2.12 bits per heavy atom. The average Bonchev–Trinajstić information content (AvgIpc) is 2.73. The Kier molecular flexibility index (Phi) is 4.94.